The van der Waals surface area contributed by atoms with E-state index in [1.807, 2.05) is 0 Å². The lowest BCUT2D eigenvalue weighted by molar-refractivity contribution is -0.763. The van der Waals surface area contributed by atoms with Gasteiger partial charge in [-0.15, -0.1) is 10.1 Å². The van der Waals surface area contributed by atoms with Crippen molar-refractivity contribution in [1.82, 2.24) is 0 Å². The van der Waals surface area contributed by atoms with Crippen LogP contribution in [0.2, 0.25) is 0 Å². The molecular formula is C15H14N2O5. The maximum atomic E-state index is 12.0. The van der Waals surface area contributed by atoms with Crippen LogP contribution >= 0.6 is 0 Å². The van der Waals surface area contributed by atoms with E-state index in [0.29, 0.717) is 22.4 Å². The van der Waals surface area contributed by atoms with E-state index in [-0.39, 0.29) is 13.2 Å². The lowest BCUT2D eigenvalue weighted by Crippen LogP contribution is -2.11. The largest absolute Gasteiger partial charge is 0.423 e. The van der Waals surface area contributed by atoms with Crippen LogP contribution in [-0.4, -0.2) is 11.1 Å². The number of nitrogens with two attached hydrogens (primary N) is 1. The highest BCUT2D eigenvalue weighted by molar-refractivity contribution is 5.91. The predicted octanol–water partition coefficient (Wildman–Crippen LogP) is 2.07. The molecule has 0 amide bonds. The Labute approximate surface area is 126 Å². The summed E-state index contributed by atoms with van der Waals surface area (Å²) in [5, 5.41) is 9.32. The first-order chi connectivity index (χ1) is 10.6. The molecule has 2 N–H and O–H groups in total. The molecule has 2 aromatic rings. The number of hydrogen-bond acceptors (Lipinski definition) is 6. The first kappa shape index (κ1) is 15.5. The molecule has 0 spiro atoms. The highest BCUT2D eigenvalue weighted by Crippen LogP contribution is 2.21. The van der Waals surface area contributed by atoms with Crippen molar-refractivity contribution in [3.05, 3.63) is 75.3 Å². The Balaban J connectivity index is 2.14. The SMILES string of the molecule is NCc1cc(CO[N+](=O)[O-])ccc1OC(=O)c1ccccc1. The molecule has 114 valence electrons. The second-order valence-corrected chi connectivity index (χ2v) is 4.40. The highest BCUT2D eigenvalue weighted by Gasteiger charge is 2.11. The number of nitrogens with zero attached hydrogens (tertiary/aromatic N) is 1. The summed E-state index contributed by atoms with van der Waals surface area (Å²) in [6.45, 7) is -0.0589. The molecule has 0 aliphatic rings. The van der Waals surface area contributed by atoms with Crippen molar-refractivity contribution < 1.29 is 19.5 Å². The molecule has 0 atom stereocenters. The third-order valence-electron chi connectivity index (χ3n) is 2.89. The van der Waals surface area contributed by atoms with E-state index in [9.17, 15) is 14.9 Å². The Hall–Kier alpha value is -2.93. The molecule has 2 aromatic carbocycles. The van der Waals surface area contributed by atoms with Crippen molar-refractivity contribution in [3.8, 4) is 5.75 Å². The second kappa shape index (κ2) is 7.19. The summed E-state index contributed by atoms with van der Waals surface area (Å²) < 4.78 is 5.31. The van der Waals surface area contributed by atoms with Crippen molar-refractivity contribution in [2.75, 3.05) is 0 Å². The van der Waals surface area contributed by atoms with Crippen LogP contribution in [-0.2, 0) is 18.0 Å². The van der Waals surface area contributed by atoms with Crippen LogP contribution in [0.3, 0.4) is 0 Å². The van der Waals surface area contributed by atoms with Gasteiger partial charge in [-0.1, -0.05) is 24.3 Å². The van der Waals surface area contributed by atoms with Gasteiger partial charge in [0.2, 0.25) is 0 Å². The Morgan fingerprint density at radius 2 is 1.91 bits per heavy atom. The number of carbonyl (C=O) groups excluding carboxylic acids is 1. The van der Waals surface area contributed by atoms with Gasteiger partial charge in [0.25, 0.3) is 5.09 Å². The molecule has 0 radical (unpaired) electrons. The van der Waals surface area contributed by atoms with E-state index >= 15 is 0 Å². The maximum Gasteiger partial charge on any atom is 0.343 e. The number of ether oxygens (including phenoxy) is 1. The Bertz CT molecular complexity index is 673. The molecule has 0 aliphatic carbocycles. The van der Waals surface area contributed by atoms with Gasteiger partial charge in [0, 0.05) is 12.1 Å². The maximum absolute atomic E-state index is 12.0. The van der Waals surface area contributed by atoms with Crippen LogP contribution in [0.15, 0.2) is 48.5 Å². The molecule has 0 saturated carbocycles. The molecule has 0 saturated heterocycles. The smallest absolute Gasteiger partial charge is 0.343 e. The van der Waals surface area contributed by atoms with E-state index in [2.05, 4.69) is 4.84 Å². The molecular weight excluding hydrogens is 288 g/mol. The Morgan fingerprint density at radius 3 is 2.55 bits per heavy atom. The van der Waals surface area contributed by atoms with Crippen LogP contribution < -0.4 is 10.5 Å². The summed E-state index contributed by atoms with van der Waals surface area (Å²) in [6.07, 6.45) is 0. The van der Waals surface area contributed by atoms with Crippen LogP contribution in [0.5, 0.6) is 5.75 Å². The van der Waals surface area contributed by atoms with Crippen molar-refractivity contribution in [1.29, 1.82) is 0 Å². The van der Waals surface area contributed by atoms with Crippen molar-refractivity contribution in [2.45, 2.75) is 13.2 Å². The fourth-order valence-corrected chi connectivity index (χ4v) is 1.84. The van der Waals surface area contributed by atoms with Gasteiger partial charge in [0.15, 0.2) is 0 Å². The van der Waals surface area contributed by atoms with Gasteiger partial charge in [0.1, 0.15) is 12.4 Å². The summed E-state index contributed by atoms with van der Waals surface area (Å²) in [6, 6.07) is 13.3. The minimum Gasteiger partial charge on any atom is -0.423 e. The van der Waals surface area contributed by atoms with Crippen LogP contribution in [0.4, 0.5) is 0 Å². The summed E-state index contributed by atoms with van der Waals surface area (Å²) in [5.41, 5.74) is 7.18. The van der Waals surface area contributed by atoms with Gasteiger partial charge in [0.05, 0.1) is 5.56 Å². The number of rotatable bonds is 6. The highest BCUT2D eigenvalue weighted by atomic mass is 16.9. The fraction of sp³-hybridized carbons (Fsp3) is 0.133. The topological polar surface area (TPSA) is 105 Å². The van der Waals surface area contributed by atoms with Gasteiger partial charge in [-0.3, -0.25) is 0 Å². The lowest BCUT2D eigenvalue weighted by Gasteiger charge is -2.10. The van der Waals surface area contributed by atoms with Gasteiger partial charge < -0.3 is 15.3 Å². The van der Waals surface area contributed by atoms with Gasteiger partial charge in [-0.05, 0) is 29.8 Å². The summed E-state index contributed by atoms with van der Waals surface area (Å²) >= 11 is 0. The minimum absolute atomic E-state index is 0.129. The van der Waals surface area contributed by atoms with Crippen LogP contribution in [0.1, 0.15) is 21.5 Å². The monoisotopic (exact) mass is 302 g/mol. The fourth-order valence-electron chi connectivity index (χ4n) is 1.84. The third kappa shape index (κ3) is 4.03. The number of carbonyl (C=O) groups is 1. The van der Waals surface area contributed by atoms with E-state index in [1.54, 1.807) is 48.5 Å². The molecule has 0 aromatic heterocycles. The molecule has 0 fully saturated rings. The van der Waals surface area contributed by atoms with E-state index in [4.69, 9.17) is 10.5 Å². The first-order valence-electron chi connectivity index (χ1n) is 6.46. The summed E-state index contributed by atoms with van der Waals surface area (Å²) in [5.74, 6) is -0.175. The zero-order valence-electron chi connectivity index (χ0n) is 11.6. The molecule has 7 nitrogen and oxygen atoms in total. The molecule has 0 bridgehead atoms. The zero-order chi connectivity index (χ0) is 15.9. The molecule has 0 unspecified atom stereocenters. The Kier molecular flexibility index (Phi) is 5.05. The van der Waals surface area contributed by atoms with E-state index < -0.39 is 11.1 Å². The second-order valence-electron chi connectivity index (χ2n) is 4.40. The van der Waals surface area contributed by atoms with Crippen molar-refractivity contribution in [3.63, 3.8) is 0 Å². The molecule has 2 rings (SSSR count). The lowest BCUT2D eigenvalue weighted by atomic mass is 10.1. The van der Waals surface area contributed by atoms with Crippen LogP contribution in [0, 0.1) is 10.1 Å². The Morgan fingerprint density at radius 1 is 1.18 bits per heavy atom. The predicted molar refractivity (Wildman–Crippen MR) is 77.5 cm³/mol. The normalized spacial score (nSPS) is 10.0. The first-order valence-corrected chi connectivity index (χ1v) is 6.46. The third-order valence-corrected chi connectivity index (χ3v) is 2.89. The average molecular weight is 302 g/mol. The van der Waals surface area contributed by atoms with E-state index in [0.717, 1.165) is 0 Å². The number of hydrogen-bond donors (Lipinski definition) is 1. The van der Waals surface area contributed by atoms with Crippen molar-refractivity contribution >= 4 is 5.97 Å². The standard InChI is InChI=1S/C15H14N2O5/c16-9-13-8-11(10-21-17(19)20)6-7-14(13)22-15(18)12-4-2-1-3-5-12/h1-8H,9-10,16H2. The molecule has 22 heavy (non-hydrogen) atoms. The number of esters is 1. The van der Waals surface area contributed by atoms with Crippen LogP contribution in [0.25, 0.3) is 0 Å². The average Bonchev–Trinajstić information content (AvgIpc) is 2.54. The molecule has 0 heterocycles. The minimum atomic E-state index is -0.870. The summed E-state index contributed by atoms with van der Waals surface area (Å²) in [4.78, 5) is 26.5. The van der Waals surface area contributed by atoms with Crippen molar-refractivity contribution in [2.24, 2.45) is 5.73 Å². The van der Waals surface area contributed by atoms with E-state index in [1.165, 1.54) is 0 Å². The molecule has 7 heteroatoms. The summed E-state index contributed by atoms with van der Waals surface area (Å²) in [7, 11) is 0. The quantitative estimate of drug-likeness (QED) is 0.379. The van der Waals surface area contributed by atoms with Gasteiger partial charge in [-0.25, -0.2) is 4.79 Å². The molecule has 0 aliphatic heterocycles. The van der Waals surface area contributed by atoms with Gasteiger partial charge in [-0.2, -0.15) is 0 Å². The number of benzene rings is 2. The van der Waals surface area contributed by atoms with Gasteiger partial charge >= 0.3 is 5.97 Å². The zero-order valence-corrected chi connectivity index (χ0v) is 11.6.